The van der Waals surface area contributed by atoms with Crippen molar-refractivity contribution in [2.45, 2.75) is 18.6 Å². The number of rotatable bonds is 6. The number of nitrogens with zero attached hydrogens (tertiary/aromatic N) is 2. The van der Waals surface area contributed by atoms with Gasteiger partial charge in [-0.3, -0.25) is 4.79 Å². The van der Waals surface area contributed by atoms with E-state index in [9.17, 15) is 4.79 Å². The van der Waals surface area contributed by atoms with Crippen molar-refractivity contribution < 1.29 is 4.79 Å². The fourth-order valence-corrected chi connectivity index (χ4v) is 3.61. The first-order valence-corrected chi connectivity index (χ1v) is 9.20. The second-order valence-corrected chi connectivity index (χ2v) is 6.95. The Morgan fingerprint density at radius 2 is 2.16 bits per heavy atom. The first-order chi connectivity index (χ1) is 12.1. The first-order valence-electron chi connectivity index (χ1n) is 7.83. The van der Waals surface area contributed by atoms with Crippen LogP contribution < -0.4 is 5.32 Å². The number of nitrogens with one attached hydrogen (secondary N) is 1. The molecule has 0 aliphatic heterocycles. The number of hydrogen-bond donors (Lipinski definition) is 1. The maximum absolute atomic E-state index is 12.3. The summed E-state index contributed by atoms with van der Waals surface area (Å²) >= 11 is 7.56. The normalized spacial score (nSPS) is 10.8. The smallest absolute Gasteiger partial charge is 0.234 e. The summed E-state index contributed by atoms with van der Waals surface area (Å²) in [5.41, 5.74) is 3.62. The predicted molar refractivity (Wildman–Crippen MR) is 105 cm³/mol. The molecule has 0 atom stereocenters. The van der Waals surface area contributed by atoms with Crippen molar-refractivity contribution in [3.63, 3.8) is 0 Å². The predicted octanol–water partition coefficient (Wildman–Crippen LogP) is 4.91. The van der Waals surface area contributed by atoms with Crippen LogP contribution in [0.15, 0.2) is 60.3 Å². The number of aromatic nitrogens is 2. The van der Waals surface area contributed by atoms with Crippen molar-refractivity contribution in [1.29, 1.82) is 0 Å². The van der Waals surface area contributed by atoms with Crippen molar-refractivity contribution in [1.82, 2.24) is 9.55 Å². The quantitative estimate of drug-likeness (QED) is 0.494. The van der Waals surface area contributed by atoms with E-state index in [2.05, 4.69) is 21.4 Å². The number of imidazole rings is 1. The van der Waals surface area contributed by atoms with Gasteiger partial charge in [0.1, 0.15) is 0 Å². The number of halogens is 1. The Bertz CT molecular complexity index is 936. The number of carbonyl (C=O) groups is 1. The van der Waals surface area contributed by atoms with E-state index in [0.717, 1.165) is 21.8 Å². The summed E-state index contributed by atoms with van der Waals surface area (Å²) in [6.07, 6.45) is 1.82. The second-order valence-electron chi connectivity index (χ2n) is 5.60. The van der Waals surface area contributed by atoms with Gasteiger partial charge < -0.3 is 9.88 Å². The van der Waals surface area contributed by atoms with Gasteiger partial charge in [0, 0.05) is 6.54 Å². The number of anilines is 1. The molecule has 1 amide bonds. The number of amides is 1. The lowest BCUT2D eigenvalue weighted by Crippen LogP contribution is -2.15. The average Bonchev–Trinajstić information content (AvgIpc) is 2.94. The highest BCUT2D eigenvalue weighted by Gasteiger charge is 2.13. The van der Waals surface area contributed by atoms with E-state index in [1.807, 2.05) is 55.5 Å². The average molecular weight is 372 g/mol. The molecule has 128 valence electrons. The van der Waals surface area contributed by atoms with Crippen molar-refractivity contribution in [2.24, 2.45) is 0 Å². The van der Waals surface area contributed by atoms with E-state index in [1.165, 1.54) is 11.8 Å². The number of fused-ring (bicyclic) bond motifs is 1. The Kier molecular flexibility index (Phi) is 5.46. The van der Waals surface area contributed by atoms with Gasteiger partial charge in [-0.25, -0.2) is 4.98 Å². The van der Waals surface area contributed by atoms with Gasteiger partial charge in [-0.15, -0.1) is 6.58 Å². The zero-order valence-electron chi connectivity index (χ0n) is 13.8. The van der Waals surface area contributed by atoms with Crippen LogP contribution in [0.5, 0.6) is 0 Å². The van der Waals surface area contributed by atoms with E-state index in [-0.39, 0.29) is 11.7 Å². The number of aryl methyl sites for hydroxylation is 1. The van der Waals surface area contributed by atoms with Crippen molar-refractivity contribution in [3.05, 3.63) is 65.7 Å². The molecular weight excluding hydrogens is 354 g/mol. The Labute approximate surface area is 155 Å². The summed E-state index contributed by atoms with van der Waals surface area (Å²) in [6.45, 7) is 6.40. The van der Waals surface area contributed by atoms with Crippen LogP contribution in [0.3, 0.4) is 0 Å². The lowest BCUT2D eigenvalue weighted by atomic mass is 10.2. The number of carbonyl (C=O) groups excluding carboxylic acids is 1. The third kappa shape index (κ3) is 4.06. The molecule has 2 aromatic carbocycles. The zero-order chi connectivity index (χ0) is 17.8. The van der Waals surface area contributed by atoms with Gasteiger partial charge in [-0.2, -0.15) is 0 Å². The van der Waals surface area contributed by atoms with E-state index < -0.39 is 0 Å². The number of hydrogen-bond acceptors (Lipinski definition) is 3. The number of thioether (sulfide) groups is 1. The van der Waals surface area contributed by atoms with Gasteiger partial charge in [-0.1, -0.05) is 47.6 Å². The highest BCUT2D eigenvalue weighted by atomic mass is 35.5. The van der Waals surface area contributed by atoms with Gasteiger partial charge >= 0.3 is 0 Å². The molecule has 1 heterocycles. The number of para-hydroxylation sites is 2. The highest BCUT2D eigenvalue weighted by Crippen LogP contribution is 2.26. The minimum absolute atomic E-state index is 0.118. The Morgan fingerprint density at radius 3 is 2.92 bits per heavy atom. The molecule has 0 bridgehead atoms. The van der Waals surface area contributed by atoms with Gasteiger partial charge in [-0.05, 0) is 36.8 Å². The molecule has 3 rings (SSSR count). The van der Waals surface area contributed by atoms with Gasteiger partial charge in [0.25, 0.3) is 0 Å². The van der Waals surface area contributed by atoms with E-state index >= 15 is 0 Å². The molecule has 3 aromatic rings. The molecule has 0 fully saturated rings. The third-order valence-electron chi connectivity index (χ3n) is 3.66. The molecule has 1 aromatic heterocycles. The van der Waals surface area contributed by atoms with Gasteiger partial charge in [0.2, 0.25) is 5.91 Å². The molecule has 0 saturated carbocycles. The van der Waals surface area contributed by atoms with Crippen LogP contribution in [0.1, 0.15) is 5.56 Å². The van der Waals surface area contributed by atoms with E-state index in [4.69, 9.17) is 11.6 Å². The molecule has 6 heteroatoms. The van der Waals surface area contributed by atoms with Crippen LogP contribution in [0.25, 0.3) is 11.0 Å². The lowest BCUT2D eigenvalue weighted by Gasteiger charge is -2.08. The van der Waals surface area contributed by atoms with Gasteiger partial charge in [0.05, 0.1) is 27.5 Å². The summed E-state index contributed by atoms with van der Waals surface area (Å²) in [6, 6.07) is 13.5. The summed E-state index contributed by atoms with van der Waals surface area (Å²) in [4.78, 5) is 16.9. The SMILES string of the molecule is C=CCn1c(SCC(=O)Nc2ccc(C)cc2Cl)nc2ccccc21. The standard InChI is InChI=1S/C19H18ClN3OS/c1-3-10-23-17-7-5-4-6-16(17)22-19(23)25-12-18(24)21-15-9-8-13(2)11-14(15)20/h3-9,11H,1,10,12H2,2H3,(H,21,24). The maximum atomic E-state index is 12.3. The van der Waals surface area contributed by atoms with E-state index in [1.54, 1.807) is 0 Å². The number of allylic oxidation sites excluding steroid dienone is 1. The van der Waals surface area contributed by atoms with Crippen LogP contribution in [-0.4, -0.2) is 21.2 Å². The molecule has 4 nitrogen and oxygen atoms in total. The molecule has 0 aliphatic carbocycles. The second kappa shape index (κ2) is 7.76. The van der Waals surface area contributed by atoms with Crippen molar-refractivity contribution in [3.8, 4) is 0 Å². The summed E-state index contributed by atoms with van der Waals surface area (Å²) in [5.74, 6) is 0.137. The minimum atomic E-state index is -0.118. The fourth-order valence-electron chi connectivity index (χ4n) is 2.51. The maximum Gasteiger partial charge on any atom is 0.234 e. The highest BCUT2D eigenvalue weighted by molar-refractivity contribution is 7.99. The Balaban J connectivity index is 1.72. The molecule has 0 unspecified atom stereocenters. The molecule has 0 saturated heterocycles. The van der Waals surface area contributed by atoms with Gasteiger partial charge in [0.15, 0.2) is 5.16 Å². The van der Waals surface area contributed by atoms with Crippen molar-refractivity contribution in [2.75, 3.05) is 11.1 Å². The Hall–Kier alpha value is -2.24. The molecule has 1 N–H and O–H groups in total. The molecule has 25 heavy (non-hydrogen) atoms. The fraction of sp³-hybridized carbons (Fsp3) is 0.158. The molecule has 0 spiro atoms. The topological polar surface area (TPSA) is 46.9 Å². The third-order valence-corrected chi connectivity index (χ3v) is 4.95. The van der Waals surface area contributed by atoms with Crippen LogP contribution in [0, 0.1) is 6.92 Å². The zero-order valence-corrected chi connectivity index (χ0v) is 15.4. The Morgan fingerprint density at radius 1 is 1.36 bits per heavy atom. The lowest BCUT2D eigenvalue weighted by molar-refractivity contribution is -0.113. The largest absolute Gasteiger partial charge is 0.324 e. The van der Waals surface area contributed by atoms with Crippen LogP contribution >= 0.6 is 23.4 Å². The number of benzene rings is 2. The minimum Gasteiger partial charge on any atom is -0.324 e. The van der Waals surface area contributed by atoms with E-state index in [0.29, 0.717) is 17.3 Å². The van der Waals surface area contributed by atoms with Crippen LogP contribution in [-0.2, 0) is 11.3 Å². The monoisotopic (exact) mass is 371 g/mol. The summed E-state index contributed by atoms with van der Waals surface area (Å²) < 4.78 is 2.05. The summed E-state index contributed by atoms with van der Waals surface area (Å²) in [5, 5.41) is 4.18. The molecule has 0 aliphatic rings. The molecule has 0 radical (unpaired) electrons. The van der Waals surface area contributed by atoms with Crippen LogP contribution in [0.4, 0.5) is 5.69 Å². The van der Waals surface area contributed by atoms with Crippen LogP contribution in [0.2, 0.25) is 5.02 Å². The first kappa shape index (κ1) is 17.6. The summed E-state index contributed by atoms with van der Waals surface area (Å²) in [7, 11) is 0. The molecular formula is C19H18ClN3OS. The van der Waals surface area contributed by atoms with Crippen molar-refractivity contribution >= 4 is 46.0 Å².